The van der Waals surface area contributed by atoms with Crippen molar-refractivity contribution in [2.24, 2.45) is 0 Å². The Hall–Kier alpha value is -3.22. The molecule has 0 aliphatic carbocycles. The number of fused-ring (bicyclic) bond motifs is 1. The summed E-state index contributed by atoms with van der Waals surface area (Å²) in [5.74, 6) is 0.428. The van der Waals surface area contributed by atoms with E-state index in [-0.39, 0.29) is 23.4 Å². The third kappa shape index (κ3) is 4.73. The maximum absolute atomic E-state index is 12.3. The molecule has 0 atom stereocenters. The third-order valence-corrected chi connectivity index (χ3v) is 4.34. The van der Waals surface area contributed by atoms with Gasteiger partial charge in [-0.2, -0.15) is 0 Å². The van der Waals surface area contributed by atoms with Gasteiger partial charge in [0.1, 0.15) is 24.4 Å². The van der Waals surface area contributed by atoms with E-state index in [4.69, 9.17) is 4.74 Å². The summed E-state index contributed by atoms with van der Waals surface area (Å²) in [7, 11) is 0. The number of aromatic nitrogens is 3. The van der Waals surface area contributed by atoms with Gasteiger partial charge in [-0.1, -0.05) is 50.3 Å². The lowest BCUT2D eigenvalue weighted by molar-refractivity contribution is -0.122. The van der Waals surface area contributed by atoms with Crippen molar-refractivity contribution in [1.82, 2.24) is 20.3 Å². The molecule has 1 amide bonds. The largest absolute Gasteiger partial charge is 0.492 e. The van der Waals surface area contributed by atoms with Gasteiger partial charge in [-0.3, -0.25) is 9.59 Å². The lowest BCUT2D eigenvalue weighted by Gasteiger charge is -2.19. The average molecular weight is 380 g/mol. The molecule has 1 heterocycles. The molecule has 3 rings (SSSR count). The zero-order chi connectivity index (χ0) is 20.1. The Kier molecular flexibility index (Phi) is 5.73. The van der Waals surface area contributed by atoms with Gasteiger partial charge in [-0.15, -0.1) is 5.10 Å². The predicted molar refractivity (Wildman–Crippen MR) is 107 cm³/mol. The van der Waals surface area contributed by atoms with Crippen LogP contribution in [0.4, 0.5) is 0 Å². The molecule has 1 aromatic heterocycles. The fraction of sp³-hybridized carbons (Fsp3) is 0.333. The molecule has 0 saturated carbocycles. The van der Waals surface area contributed by atoms with Crippen LogP contribution in [-0.2, 0) is 16.8 Å². The van der Waals surface area contributed by atoms with Gasteiger partial charge in [-0.25, -0.2) is 4.68 Å². The quantitative estimate of drug-likeness (QED) is 0.663. The zero-order valence-electron chi connectivity index (χ0n) is 16.3. The Morgan fingerprint density at radius 2 is 1.82 bits per heavy atom. The molecular weight excluding hydrogens is 356 g/mol. The summed E-state index contributed by atoms with van der Waals surface area (Å²) in [6, 6.07) is 14.8. The summed E-state index contributed by atoms with van der Waals surface area (Å²) in [6.07, 6.45) is 0. The van der Waals surface area contributed by atoms with Crippen LogP contribution in [0.2, 0.25) is 0 Å². The van der Waals surface area contributed by atoms with Crippen molar-refractivity contribution in [2.75, 3.05) is 13.2 Å². The van der Waals surface area contributed by atoms with E-state index in [2.05, 4.69) is 36.4 Å². The van der Waals surface area contributed by atoms with Crippen LogP contribution in [0.5, 0.6) is 5.75 Å². The number of hydrogen-bond acceptors (Lipinski definition) is 5. The highest BCUT2D eigenvalue weighted by molar-refractivity contribution is 5.78. The highest BCUT2D eigenvalue weighted by Crippen LogP contribution is 2.24. The van der Waals surface area contributed by atoms with Crippen LogP contribution in [-0.4, -0.2) is 34.1 Å². The van der Waals surface area contributed by atoms with Crippen LogP contribution >= 0.6 is 0 Å². The first-order chi connectivity index (χ1) is 13.3. The minimum absolute atomic E-state index is 0.0935. The van der Waals surface area contributed by atoms with Gasteiger partial charge in [0.2, 0.25) is 5.91 Å². The SMILES string of the molecule is CC(C)(C)c1ccc(OCCNC(=O)Cn2nnc3ccccc3c2=O)cc1. The standard InChI is InChI=1S/C21H24N4O3/c1-21(2,3)15-8-10-16(11-9-15)28-13-12-22-19(26)14-25-20(27)17-6-4-5-7-18(17)23-24-25/h4-11H,12-14H2,1-3H3,(H,22,26). The lowest BCUT2D eigenvalue weighted by Crippen LogP contribution is -2.36. The molecule has 7 nitrogen and oxygen atoms in total. The van der Waals surface area contributed by atoms with Gasteiger partial charge >= 0.3 is 0 Å². The normalized spacial score (nSPS) is 11.4. The van der Waals surface area contributed by atoms with Crippen LogP contribution < -0.4 is 15.6 Å². The molecule has 7 heteroatoms. The van der Waals surface area contributed by atoms with Crippen LogP contribution in [0.15, 0.2) is 53.3 Å². The molecule has 0 fully saturated rings. The molecular formula is C21H24N4O3. The van der Waals surface area contributed by atoms with Crippen LogP contribution in [0, 0.1) is 0 Å². The first-order valence-corrected chi connectivity index (χ1v) is 9.17. The Balaban J connectivity index is 1.49. The Bertz CT molecular complexity index is 1020. The molecule has 28 heavy (non-hydrogen) atoms. The molecule has 0 aliphatic heterocycles. The molecule has 0 aliphatic rings. The zero-order valence-corrected chi connectivity index (χ0v) is 16.3. The molecule has 1 N–H and O–H groups in total. The second-order valence-electron chi connectivity index (χ2n) is 7.54. The molecule has 0 radical (unpaired) electrons. The number of rotatable bonds is 6. The monoisotopic (exact) mass is 380 g/mol. The minimum Gasteiger partial charge on any atom is -0.492 e. The summed E-state index contributed by atoms with van der Waals surface area (Å²) in [4.78, 5) is 24.4. The van der Waals surface area contributed by atoms with E-state index in [0.717, 1.165) is 10.4 Å². The Morgan fingerprint density at radius 1 is 1.11 bits per heavy atom. The number of hydrogen-bond donors (Lipinski definition) is 1. The van der Waals surface area contributed by atoms with E-state index in [9.17, 15) is 9.59 Å². The second-order valence-corrected chi connectivity index (χ2v) is 7.54. The third-order valence-electron chi connectivity index (χ3n) is 4.34. The number of nitrogens with zero attached hydrogens (tertiary/aromatic N) is 3. The molecule has 3 aromatic rings. The van der Waals surface area contributed by atoms with Crippen LogP contribution in [0.1, 0.15) is 26.3 Å². The molecule has 0 spiro atoms. The summed E-state index contributed by atoms with van der Waals surface area (Å²) in [5, 5.41) is 10.9. The molecule has 0 bridgehead atoms. The predicted octanol–water partition coefficient (Wildman–Crippen LogP) is 2.28. The van der Waals surface area contributed by atoms with Gasteiger partial charge in [0.05, 0.1) is 11.9 Å². The van der Waals surface area contributed by atoms with Crippen molar-refractivity contribution < 1.29 is 9.53 Å². The first kappa shape index (κ1) is 19.5. The minimum atomic E-state index is -0.337. The maximum atomic E-state index is 12.3. The van der Waals surface area contributed by atoms with Gasteiger partial charge in [0.25, 0.3) is 5.56 Å². The fourth-order valence-corrected chi connectivity index (χ4v) is 2.73. The van der Waals surface area contributed by atoms with Gasteiger partial charge < -0.3 is 10.1 Å². The van der Waals surface area contributed by atoms with Crippen molar-refractivity contribution >= 4 is 16.8 Å². The first-order valence-electron chi connectivity index (χ1n) is 9.17. The number of ether oxygens (including phenoxy) is 1. The van der Waals surface area contributed by atoms with E-state index in [1.165, 1.54) is 5.56 Å². The summed E-state index contributed by atoms with van der Waals surface area (Å²) >= 11 is 0. The van der Waals surface area contributed by atoms with Gasteiger partial charge in [0, 0.05) is 0 Å². The fourth-order valence-electron chi connectivity index (χ4n) is 2.73. The molecule has 0 saturated heterocycles. The van der Waals surface area contributed by atoms with Crippen molar-refractivity contribution in [2.45, 2.75) is 32.7 Å². The number of carbonyl (C=O) groups excluding carboxylic acids is 1. The van der Waals surface area contributed by atoms with Gasteiger partial charge in [-0.05, 0) is 35.2 Å². The van der Waals surface area contributed by atoms with Crippen molar-refractivity contribution in [1.29, 1.82) is 0 Å². The lowest BCUT2D eigenvalue weighted by atomic mass is 9.87. The van der Waals surface area contributed by atoms with Crippen molar-refractivity contribution in [3.8, 4) is 5.75 Å². The highest BCUT2D eigenvalue weighted by atomic mass is 16.5. The van der Waals surface area contributed by atoms with Crippen LogP contribution in [0.3, 0.4) is 0 Å². The number of carbonyl (C=O) groups is 1. The topological polar surface area (TPSA) is 86.1 Å². The smallest absolute Gasteiger partial charge is 0.278 e. The molecule has 0 unspecified atom stereocenters. The van der Waals surface area contributed by atoms with E-state index >= 15 is 0 Å². The van der Waals surface area contributed by atoms with Crippen LogP contribution in [0.25, 0.3) is 10.9 Å². The summed E-state index contributed by atoms with van der Waals surface area (Å²) in [6.45, 7) is 6.95. The van der Waals surface area contributed by atoms with Gasteiger partial charge in [0.15, 0.2) is 0 Å². The molecule has 146 valence electrons. The summed E-state index contributed by atoms with van der Waals surface area (Å²) in [5.41, 5.74) is 1.50. The summed E-state index contributed by atoms with van der Waals surface area (Å²) < 4.78 is 6.70. The second kappa shape index (κ2) is 8.21. The number of nitrogens with one attached hydrogen (secondary N) is 1. The average Bonchev–Trinajstić information content (AvgIpc) is 2.67. The van der Waals surface area contributed by atoms with E-state index in [0.29, 0.717) is 24.1 Å². The highest BCUT2D eigenvalue weighted by Gasteiger charge is 2.13. The van der Waals surface area contributed by atoms with E-state index in [1.54, 1.807) is 24.3 Å². The Morgan fingerprint density at radius 3 is 2.54 bits per heavy atom. The van der Waals surface area contributed by atoms with Crippen molar-refractivity contribution in [3.63, 3.8) is 0 Å². The maximum Gasteiger partial charge on any atom is 0.278 e. The Labute approximate surface area is 163 Å². The number of amides is 1. The number of benzene rings is 2. The van der Waals surface area contributed by atoms with E-state index in [1.807, 2.05) is 24.3 Å². The van der Waals surface area contributed by atoms with Crippen molar-refractivity contribution in [3.05, 3.63) is 64.4 Å². The van der Waals surface area contributed by atoms with E-state index < -0.39 is 0 Å². The molecule has 2 aromatic carbocycles.